The Morgan fingerprint density at radius 3 is 1.28 bits per heavy atom. The van der Waals surface area contributed by atoms with Gasteiger partial charge in [0.25, 0.3) is 11.8 Å². The predicted molar refractivity (Wildman–Crippen MR) is 110 cm³/mol. The summed E-state index contributed by atoms with van der Waals surface area (Å²) >= 11 is 0. The quantitative estimate of drug-likeness (QED) is 0.613. The van der Waals surface area contributed by atoms with Crippen molar-refractivity contribution in [2.45, 2.75) is 0 Å². The number of carbonyl (C=O) groups is 2. The van der Waals surface area contributed by atoms with Gasteiger partial charge in [0.15, 0.2) is 24.8 Å². The third-order valence-electron chi connectivity index (χ3n) is 3.87. The van der Waals surface area contributed by atoms with Gasteiger partial charge in [-0.05, 0) is 24.3 Å². The number of nitrogens with zero attached hydrogens (tertiary/aromatic N) is 2. The summed E-state index contributed by atoms with van der Waals surface area (Å²) in [5, 5.41) is -1.17. The molecule has 156 valence electrons. The van der Waals surface area contributed by atoms with E-state index in [2.05, 4.69) is 0 Å². The fourth-order valence-electron chi connectivity index (χ4n) is 2.66. The lowest BCUT2D eigenvalue weighted by molar-refractivity contribution is 0.0811. The van der Waals surface area contributed by atoms with Gasteiger partial charge in [0.2, 0.25) is 0 Å². The molecule has 0 bridgehead atoms. The standard InChI is InChI=1S/C19H22N2O6S2/c1-20(18(22)16-9-5-3-6-10-16)13-28(24,25)15-29(26,27)14-21(2)19(23)17-11-7-4-8-12-17/h3-12H,13-15H2,1-2H3. The molecule has 0 spiro atoms. The molecule has 0 fully saturated rings. The van der Waals surface area contributed by atoms with Crippen molar-refractivity contribution in [3.8, 4) is 0 Å². The van der Waals surface area contributed by atoms with Crippen LogP contribution in [-0.2, 0) is 19.7 Å². The fourth-order valence-corrected chi connectivity index (χ4v) is 6.86. The topological polar surface area (TPSA) is 109 Å². The van der Waals surface area contributed by atoms with Crippen LogP contribution in [0.15, 0.2) is 60.7 Å². The van der Waals surface area contributed by atoms with Gasteiger partial charge in [0, 0.05) is 25.2 Å². The molecule has 0 N–H and O–H groups in total. The number of hydrogen-bond acceptors (Lipinski definition) is 6. The van der Waals surface area contributed by atoms with Crippen LogP contribution in [0.1, 0.15) is 20.7 Å². The summed E-state index contributed by atoms with van der Waals surface area (Å²) in [6, 6.07) is 16.1. The van der Waals surface area contributed by atoms with Gasteiger partial charge in [-0.15, -0.1) is 0 Å². The van der Waals surface area contributed by atoms with Crippen molar-refractivity contribution >= 4 is 31.5 Å². The molecular formula is C19H22N2O6S2. The average Bonchev–Trinajstić information content (AvgIpc) is 2.66. The lowest BCUT2D eigenvalue weighted by Gasteiger charge is -2.19. The summed E-state index contributed by atoms with van der Waals surface area (Å²) in [4.78, 5) is 26.4. The Labute approximate surface area is 170 Å². The van der Waals surface area contributed by atoms with Crippen LogP contribution in [-0.4, -0.2) is 69.4 Å². The van der Waals surface area contributed by atoms with E-state index in [4.69, 9.17) is 0 Å². The average molecular weight is 439 g/mol. The first-order chi connectivity index (χ1) is 13.5. The highest BCUT2D eigenvalue weighted by Gasteiger charge is 2.28. The fraction of sp³-hybridized carbons (Fsp3) is 0.263. The molecular weight excluding hydrogens is 416 g/mol. The Balaban J connectivity index is 2.02. The number of amides is 2. The van der Waals surface area contributed by atoms with Crippen LogP contribution in [0.5, 0.6) is 0 Å². The first-order valence-corrected chi connectivity index (χ1v) is 12.2. The highest BCUT2D eigenvalue weighted by molar-refractivity contribution is 8.07. The summed E-state index contributed by atoms with van der Waals surface area (Å²) in [5.74, 6) is -2.59. The van der Waals surface area contributed by atoms with E-state index in [-0.39, 0.29) is 0 Å². The summed E-state index contributed by atoms with van der Waals surface area (Å²) in [6.45, 7) is 0. The van der Waals surface area contributed by atoms with Gasteiger partial charge in [-0.1, -0.05) is 36.4 Å². The Bertz CT molecular complexity index is 981. The molecule has 29 heavy (non-hydrogen) atoms. The van der Waals surface area contributed by atoms with E-state index in [1.165, 1.54) is 38.4 Å². The van der Waals surface area contributed by atoms with Crippen molar-refractivity contribution < 1.29 is 26.4 Å². The summed E-state index contributed by atoms with van der Waals surface area (Å²) in [5.41, 5.74) is 0.586. The molecule has 0 radical (unpaired) electrons. The first-order valence-electron chi connectivity index (χ1n) is 8.53. The second-order valence-corrected chi connectivity index (χ2v) is 11.0. The molecule has 2 aromatic carbocycles. The van der Waals surface area contributed by atoms with Gasteiger partial charge in [-0.2, -0.15) is 0 Å². The van der Waals surface area contributed by atoms with E-state index in [1.807, 2.05) is 0 Å². The second-order valence-electron chi connectivity index (χ2n) is 6.60. The minimum atomic E-state index is -4.15. The van der Waals surface area contributed by atoms with Gasteiger partial charge in [0.05, 0.1) is 0 Å². The number of sulfone groups is 2. The predicted octanol–water partition coefficient (Wildman–Crippen LogP) is 1.23. The summed E-state index contributed by atoms with van der Waals surface area (Å²) in [7, 11) is -5.73. The number of benzene rings is 2. The van der Waals surface area contributed by atoms with Crippen LogP contribution in [0.4, 0.5) is 0 Å². The number of hydrogen-bond donors (Lipinski definition) is 0. The molecule has 0 aliphatic rings. The van der Waals surface area contributed by atoms with Crippen molar-refractivity contribution in [3.63, 3.8) is 0 Å². The Morgan fingerprint density at radius 2 is 0.966 bits per heavy atom. The van der Waals surface area contributed by atoms with Crippen LogP contribution in [0.3, 0.4) is 0 Å². The lowest BCUT2D eigenvalue weighted by atomic mass is 10.2. The normalized spacial score (nSPS) is 11.7. The monoisotopic (exact) mass is 438 g/mol. The zero-order valence-electron chi connectivity index (χ0n) is 16.1. The van der Waals surface area contributed by atoms with E-state index in [0.29, 0.717) is 11.1 Å². The Morgan fingerprint density at radius 1 is 0.655 bits per heavy atom. The lowest BCUT2D eigenvalue weighted by Crippen LogP contribution is -2.38. The number of carbonyl (C=O) groups excluding carboxylic acids is 2. The SMILES string of the molecule is CN(CS(=O)(=O)CS(=O)(=O)CN(C)C(=O)c1ccccc1)C(=O)c1ccccc1. The van der Waals surface area contributed by atoms with Crippen LogP contribution < -0.4 is 0 Å². The van der Waals surface area contributed by atoms with Crippen LogP contribution in [0.2, 0.25) is 0 Å². The molecule has 0 aliphatic heterocycles. The van der Waals surface area contributed by atoms with E-state index < -0.39 is 48.3 Å². The van der Waals surface area contributed by atoms with Crippen molar-refractivity contribution in [2.75, 3.05) is 30.9 Å². The first kappa shape index (κ1) is 22.6. The van der Waals surface area contributed by atoms with Gasteiger partial charge < -0.3 is 9.80 Å². The van der Waals surface area contributed by atoms with Gasteiger partial charge in [-0.3, -0.25) is 9.59 Å². The Hall–Kier alpha value is -2.72. The molecule has 0 atom stereocenters. The molecule has 2 rings (SSSR count). The van der Waals surface area contributed by atoms with E-state index in [1.54, 1.807) is 36.4 Å². The highest BCUT2D eigenvalue weighted by atomic mass is 32.3. The van der Waals surface area contributed by atoms with Crippen LogP contribution in [0.25, 0.3) is 0 Å². The van der Waals surface area contributed by atoms with Crippen molar-refractivity contribution in [1.29, 1.82) is 0 Å². The highest BCUT2D eigenvalue weighted by Crippen LogP contribution is 2.09. The second kappa shape index (κ2) is 9.19. The smallest absolute Gasteiger partial charge is 0.254 e. The van der Waals surface area contributed by atoms with Crippen LogP contribution >= 0.6 is 0 Å². The zero-order chi connectivity index (χ0) is 21.7. The molecule has 0 aliphatic carbocycles. The molecule has 2 aromatic rings. The molecule has 8 nitrogen and oxygen atoms in total. The zero-order valence-corrected chi connectivity index (χ0v) is 17.7. The molecule has 0 saturated carbocycles. The van der Waals surface area contributed by atoms with E-state index in [9.17, 15) is 26.4 Å². The third kappa shape index (κ3) is 6.68. The van der Waals surface area contributed by atoms with Crippen molar-refractivity contribution in [2.24, 2.45) is 0 Å². The molecule has 10 heteroatoms. The largest absolute Gasteiger partial charge is 0.327 e. The molecule has 0 heterocycles. The minimum absolute atomic E-state index is 0.293. The molecule has 0 aromatic heterocycles. The maximum Gasteiger partial charge on any atom is 0.254 e. The van der Waals surface area contributed by atoms with E-state index in [0.717, 1.165) is 9.80 Å². The third-order valence-corrected chi connectivity index (χ3v) is 8.31. The molecule has 0 saturated heterocycles. The molecule has 0 unspecified atom stereocenters. The maximum atomic E-state index is 12.3. The van der Waals surface area contributed by atoms with Gasteiger partial charge in [0.1, 0.15) is 11.8 Å². The van der Waals surface area contributed by atoms with Crippen molar-refractivity contribution in [1.82, 2.24) is 9.80 Å². The van der Waals surface area contributed by atoms with Gasteiger partial charge in [-0.25, -0.2) is 16.8 Å². The number of rotatable bonds is 8. The maximum absolute atomic E-state index is 12.3. The molecule has 2 amide bonds. The summed E-state index contributed by atoms with van der Waals surface area (Å²) < 4.78 is 49.3. The minimum Gasteiger partial charge on any atom is -0.327 e. The van der Waals surface area contributed by atoms with Crippen LogP contribution in [0, 0.1) is 0 Å². The van der Waals surface area contributed by atoms with Crippen molar-refractivity contribution in [3.05, 3.63) is 71.8 Å². The van der Waals surface area contributed by atoms with E-state index >= 15 is 0 Å². The van der Waals surface area contributed by atoms with Gasteiger partial charge >= 0.3 is 0 Å². The summed E-state index contributed by atoms with van der Waals surface area (Å²) in [6.07, 6.45) is 0. The Kier molecular flexibility index (Phi) is 7.15.